The molecule has 3 fully saturated rings. The van der Waals surface area contributed by atoms with Crippen LogP contribution in [0.2, 0.25) is 0 Å². The highest BCUT2D eigenvalue weighted by molar-refractivity contribution is 8.07. The van der Waals surface area contributed by atoms with Gasteiger partial charge in [-0.15, -0.1) is 0 Å². The molecule has 8 heterocycles. The zero-order chi connectivity index (χ0) is 33.5. The van der Waals surface area contributed by atoms with Gasteiger partial charge < -0.3 is 43.6 Å². The van der Waals surface area contributed by atoms with E-state index < -0.39 is 76.6 Å². The van der Waals surface area contributed by atoms with E-state index in [0.29, 0.717) is 23.1 Å². The Hall–Kier alpha value is -2.97. The Morgan fingerprint density at radius 1 is 1.00 bits per heavy atom. The van der Waals surface area contributed by atoms with Gasteiger partial charge in [-0.25, -0.2) is 28.7 Å². The van der Waals surface area contributed by atoms with Gasteiger partial charge in [0.1, 0.15) is 41.9 Å². The molecule has 4 aliphatic heterocycles. The maximum Gasteiger partial charge on any atom is 0.325 e. The van der Waals surface area contributed by atoms with Crippen molar-refractivity contribution in [3.05, 3.63) is 36.7 Å². The predicted octanol–water partition coefficient (Wildman–Crippen LogP) is 2.12. The van der Waals surface area contributed by atoms with Crippen molar-refractivity contribution in [3.8, 4) is 0 Å². The molecule has 10 atom stereocenters. The number of aromatic nitrogens is 6. The second-order valence-electron chi connectivity index (χ2n) is 11.5. The van der Waals surface area contributed by atoms with Crippen LogP contribution < -0.4 is 11.1 Å². The molecule has 2 radical (unpaired) electrons. The van der Waals surface area contributed by atoms with Crippen molar-refractivity contribution >= 4 is 73.2 Å². The number of ether oxygens (including phenoxy) is 2. The first-order valence-electron chi connectivity index (χ1n) is 14.6. The van der Waals surface area contributed by atoms with Crippen LogP contribution in [0.15, 0.2) is 31.1 Å². The molecule has 4 unspecified atom stereocenters. The Morgan fingerprint density at radius 2 is 1.71 bits per heavy atom. The molecule has 17 nitrogen and oxygen atoms in total. The second-order valence-corrected chi connectivity index (χ2v) is 15.8. The quantitative estimate of drug-likeness (QED) is 0.200. The van der Waals surface area contributed by atoms with Crippen molar-refractivity contribution in [2.75, 3.05) is 24.3 Å². The number of fused-ring (bicyclic) bond motifs is 3. The first-order chi connectivity index (χ1) is 22.9. The summed E-state index contributed by atoms with van der Waals surface area (Å²) >= 11 is 5.20. The number of pyridine rings is 1. The highest BCUT2D eigenvalue weighted by Crippen LogP contribution is 2.54. The van der Waals surface area contributed by atoms with E-state index in [4.69, 9.17) is 52.7 Å². The van der Waals surface area contributed by atoms with Gasteiger partial charge in [0.15, 0.2) is 36.3 Å². The van der Waals surface area contributed by atoms with E-state index in [1.807, 2.05) is 0 Å². The van der Waals surface area contributed by atoms with Crippen LogP contribution in [-0.2, 0) is 55.2 Å². The predicted molar refractivity (Wildman–Crippen MR) is 166 cm³/mol. The molecule has 0 bridgehead atoms. The lowest BCUT2D eigenvalue weighted by Gasteiger charge is -2.29. The van der Waals surface area contributed by atoms with Crippen LogP contribution in [-0.4, -0.2) is 97.4 Å². The van der Waals surface area contributed by atoms with Crippen LogP contribution in [0.5, 0.6) is 0 Å². The normalized spacial score (nSPS) is 37.4. The van der Waals surface area contributed by atoms with Crippen molar-refractivity contribution in [2.45, 2.75) is 62.1 Å². The number of amides is 1. The van der Waals surface area contributed by atoms with E-state index in [2.05, 4.69) is 25.3 Å². The lowest BCUT2D eigenvalue weighted by Crippen LogP contribution is -2.37. The lowest BCUT2D eigenvalue weighted by molar-refractivity contribution is -0.116. The molecule has 252 valence electrons. The van der Waals surface area contributed by atoms with Gasteiger partial charge in [-0.05, 0) is 29.9 Å². The monoisotopic (exact) mass is 724 g/mol. The Balaban J connectivity index is 1.08. The summed E-state index contributed by atoms with van der Waals surface area (Å²) in [6.07, 6.45) is -6.85. The zero-order valence-corrected chi connectivity index (χ0v) is 27.0. The van der Waals surface area contributed by atoms with E-state index in [9.17, 15) is 14.3 Å². The van der Waals surface area contributed by atoms with E-state index in [1.54, 1.807) is 12.3 Å². The van der Waals surface area contributed by atoms with Crippen LogP contribution in [0.1, 0.15) is 24.4 Å². The van der Waals surface area contributed by atoms with Gasteiger partial charge in [-0.3, -0.25) is 18.5 Å². The summed E-state index contributed by atoms with van der Waals surface area (Å²) < 4.78 is 82.4. The number of nitrogens with zero attached hydrogens (tertiary/aromatic N) is 6. The maximum absolute atomic E-state index is 16.3. The Bertz CT molecular complexity index is 2040. The van der Waals surface area contributed by atoms with Crippen molar-refractivity contribution in [1.29, 1.82) is 0 Å². The lowest BCUT2D eigenvalue weighted by atomic mass is 10.1. The van der Waals surface area contributed by atoms with E-state index in [1.165, 1.54) is 21.7 Å². The number of rotatable bonds is 2. The van der Waals surface area contributed by atoms with Crippen molar-refractivity contribution in [3.63, 3.8) is 0 Å². The van der Waals surface area contributed by atoms with E-state index in [0.717, 1.165) is 11.9 Å². The van der Waals surface area contributed by atoms with Gasteiger partial charge in [0.25, 0.3) is 7.47 Å². The Kier molecular flexibility index (Phi) is 7.95. The summed E-state index contributed by atoms with van der Waals surface area (Å²) in [5.41, 5.74) is 7.73. The summed E-state index contributed by atoms with van der Waals surface area (Å²) in [6, 6.07) is 1.63. The molecule has 48 heavy (non-hydrogen) atoms. The molecule has 4 aromatic heterocycles. The van der Waals surface area contributed by atoms with E-state index in [-0.39, 0.29) is 29.3 Å². The SMILES string of the molecule is [B]P1(=O)OC[C@H]2O[C@@H](n3cnc4c(N)ncnc43)C(F)[C@H]2OP(O)(=S)OC[C@H]2O[C@@H](n3cc4c5c(ccnc53)NC(=O)CC4)[C@@H](F)C2O1. The average Bonchev–Trinajstić information content (AvgIpc) is 3.75. The van der Waals surface area contributed by atoms with Crippen LogP contribution in [0, 0.1) is 0 Å². The van der Waals surface area contributed by atoms with Gasteiger partial charge >= 0.3 is 6.72 Å². The number of hydrogen-bond acceptors (Lipinski definition) is 14. The number of carbonyl (C=O) groups is 1. The summed E-state index contributed by atoms with van der Waals surface area (Å²) in [6.45, 7) is -5.59. The van der Waals surface area contributed by atoms with Crippen LogP contribution >= 0.6 is 14.2 Å². The molecule has 0 spiro atoms. The van der Waals surface area contributed by atoms with Gasteiger partial charge in [-0.1, -0.05) is 0 Å². The first kappa shape index (κ1) is 32.3. The van der Waals surface area contributed by atoms with Crippen molar-refractivity contribution in [1.82, 2.24) is 29.1 Å². The first-order valence-corrected chi connectivity index (χ1v) is 18.8. The molecular weight excluding hydrogens is 699 g/mol. The molecule has 23 heteroatoms. The minimum absolute atomic E-state index is 0.0500. The second kappa shape index (κ2) is 11.8. The number of halogens is 2. The number of anilines is 2. The average molecular weight is 724 g/mol. The molecule has 0 aliphatic carbocycles. The van der Waals surface area contributed by atoms with Gasteiger partial charge in [-0.2, -0.15) is 0 Å². The van der Waals surface area contributed by atoms with Crippen molar-refractivity contribution < 1.29 is 50.6 Å². The Labute approximate surface area is 275 Å². The molecule has 0 saturated carbocycles. The minimum Gasteiger partial charge on any atom is -0.382 e. The zero-order valence-electron chi connectivity index (χ0n) is 24.4. The topological polar surface area (TPSA) is 209 Å². The van der Waals surface area contributed by atoms with Gasteiger partial charge in [0, 0.05) is 24.2 Å². The third-order valence-electron chi connectivity index (χ3n) is 8.50. The van der Waals surface area contributed by atoms with E-state index >= 15 is 8.78 Å². The number of hydrogen-bond donors (Lipinski definition) is 3. The smallest absolute Gasteiger partial charge is 0.325 e. The highest BCUT2D eigenvalue weighted by Gasteiger charge is 2.53. The number of alkyl halides is 2. The number of imidazole rings is 1. The molecule has 4 N–H and O–H groups in total. The molecule has 8 rings (SSSR count). The fourth-order valence-electron chi connectivity index (χ4n) is 6.35. The summed E-state index contributed by atoms with van der Waals surface area (Å²) in [4.78, 5) is 39.6. The standard InChI is InChI=1S/C25H25BF2N8O9P2S/c26-46(38)40-6-12-20(17(28)25(43-12)36-9-33-18-21(29)31-8-32-23(18)36)45-47(39,48)41-7-13-19(44-46)16(27)24(42-13)35-5-10-1-2-14(37)34-11-3-4-30-22(35)15(10)11/h3-5,8-9,12-13,16-17,19-20,24-25H,1-2,6-7H2,(H,34,37)(H,39,48)(H2,29,31,32)/t12-,13-,16+,17?,19?,20+,24-,25-,46?,47?/m1/s1. The number of nitrogens with one attached hydrogen (secondary N) is 1. The van der Waals surface area contributed by atoms with Gasteiger partial charge in [0.2, 0.25) is 13.5 Å². The highest BCUT2D eigenvalue weighted by atomic mass is 32.5. The molecule has 4 aliphatic rings. The molecule has 0 aromatic carbocycles. The Morgan fingerprint density at radius 3 is 2.48 bits per heavy atom. The number of nitrogens with two attached hydrogens (primary N) is 1. The fraction of sp³-hybridized carbons (Fsp3) is 0.480. The molecule has 3 saturated heterocycles. The third-order valence-corrected chi connectivity index (χ3v) is 11.1. The summed E-state index contributed by atoms with van der Waals surface area (Å²) in [5.74, 6) is -0.123. The minimum atomic E-state index is -4.59. The fourth-order valence-corrected chi connectivity index (χ4v) is 8.79. The largest absolute Gasteiger partial charge is 0.382 e. The van der Waals surface area contributed by atoms with Crippen LogP contribution in [0.4, 0.5) is 20.3 Å². The molecule has 1 amide bonds. The molecular formula is C25H25BF2N8O9P2S. The summed E-state index contributed by atoms with van der Waals surface area (Å²) in [7, 11) is 1.32. The number of nitrogen functional groups attached to an aromatic ring is 1. The molecule has 4 aromatic rings. The number of carbonyl (C=O) groups excluding carboxylic acids is 1. The number of aryl methyl sites for hydroxylation is 1. The third kappa shape index (κ3) is 5.55. The van der Waals surface area contributed by atoms with Gasteiger partial charge in [0.05, 0.1) is 25.2 Å². The summed E-state index contributed by atoms with van der Waals surface area (Å²) in [5, 5.41) is 3.42. The van der Waals surface area contributed by atoms with Crippen LogP contribution in [0.3, 0.4) is 0 Å². The van der Waals surface area contributed by atoms with Crippen molar-refractivity contribution in [2.24, 2.45) is 0 Å². The maximum atomic E-state index is 16.3. The van der Waals surface area contributed by atoms with Crippen LogP contribution in [0.25, 0.3) is 22.2 Å².